The molecule has 0 atom stereocenters. The molecular weight excluding hydrogens is 379 g/mol. The van der Waals surface area contributed by atoms with Crippen molar-refractivity contribution in [2.45, 2.75) is 20.8 Å². The minimum absolute atomic E-state index is 0.0251. The highest BCUT2D eigenvalue weighted by molar-refractivity contribution is 6.39. The van der Waals surface area contributed by atoms with E-state index in [2.05, 4.69) is 15.5 Å². The lowest BCUT2D eigenvalue weighted by Gasteiger charge is -2.21. The quantitative estimate of drug-likeness (QED) is 0.811. The van der Waals surface area contributed by atoms with Crippen molar-refractivity contribution in [3.8, 4) is 0 Å². The molecule has 26 heavy (non-hydrogen) atoms. The fraction of sp³-hybridized carbons (Fsp3) is 0.294. The summed E-state index contributed by atoms with van der Waals surface area (Å²) in [7, 11) is 0. The molecule has 0 aliphatic heterocycles. The van der Waals surface area contributed by atoms with Crippen LogP contribution in [-0.2, 0) is 4.79 Å². The molecule has 138 valence electrons. The summed E-state index contributed by atoms with van der Waals surface area (Å²) >= 11 is 12.1. The molecule has 1 heterocycles. The molecule has 0 saturated heterocycles. The fourth-order valence-corrected chi connectivity index (χ4v) is 2.83. The largest absolute Gasteiger partial charge is 0.329 e. The van der Waals surface area contributed by atoms with Gasteiger partial charge in [-0.2, -0.15) is 5.10 Å². The number of aromatic nitrogens is 2. The molecule has 0 radical (unpaired) electrons. The Kier molecular flexibility index (Phi) is 6.39. The van der Waals surface area contributed by atoms with Crippen LogP contribution in [0.3, 0.4) is 0 Å². The maximum absolute atomic E-state index is 12.7. The summed E-state index contributed by atoms with van der Waals surface area (Å²) < 4.78 is 0. The minimum atomic E-state index is -0.592. The summed E-state index contributed by atoms with van der Waals surface area (Å²) in [5.41, 5.74) is 0.676. The van der Waals surface area contributed by atoms with Crippen LogP contribution >= 0.6 is 23.2 Å². The van der Waals surface area contributed by atoms with Crippen molar-refractivity contribution in [1.29, 1.82) is 0 Å². The molecule has 2 amide bonds. The van der Waals surface area contributed by atoms with E-state index in [1.165, 1.54) is 4.90 Å². The molecule has 1 aromatic carbocycles. The highest BCUT2D eigenvalue weighted by atomic mass is 35.5. The van der Waals surface area contributed by atoms with E-state index in [1.54, 1.807) is 39.0 Å². The zero-order valence-electron chi connectivity index (χ0n) is 14.5. The van der Waals surface area contributed by atoms with Gasteiger partial charge in [0.05, 0.1) is 21.4 Å². The summed E-state index contributed by atoms with van der Waals surface area (Å²) in [5, 5.41) is 9.29. The summed E-state index contributed by atoms with van der Waals surface area (Å²) in [6, 6.07) is 4.84. The monoisotopic (exact) mass is 396 g/mol. The number of amides is 2. The molecule has 0 aliphatic carbocycles. The lowest BCUT2D eigenvalue weighted by atomic mass is 10.1. The van der Waals surface area contributed by atoms with Gasteiger partial charge in [-0.15, -0.1) is 0 Å². The van der Waals surface area contributed by atoms with Crippen LogP contribution in [0.5, 0.6) is 0 Å². The Morgan fingerprint density at radius 3 is 2.42 bits per heavy atom. The number of anilines is 1. The second kappa shape index (κ2) is 8.33. The first-order chi connectivity index (χ1) is 12.3. The predicted octanol–water partition coefficient (Wildman–Crippen LogP) is 2.79. The number of para-hydroxylation sites is 1. The van der Waals surface area contributed by atoms with E-state index in [-0.39, 0.29) is 34.4 Å². The molecule has 7 nitrogen and oxygen atoms in total. The number of benzene rings is 1. The number of likely N-dealkylation sites (N-methyl/N-ethyl adjacent to an activating group) is 1. The molecular formula is C17H18Cl2N4O3. The van der Waals surface area contributed by atoms with Gasteiger partial charge < -0.3 is 10.2 Å². The Labute approximate surface area is 160 Å². The molecule has 0 fully saturated rings. The fourth-order valence-electron chi connectivity index (χ4n) is 2.34. The maximum Gasteiger partial charge on any atom is 0.277 e. The smallest absolute Gasteiger partial charge is 0.277 e. The molecule has 1 aromatic heterocycles. The Bertz CT molecular complexity index is 891. The number of carbonyl (C=O) groups is 2. The van der Waals surface area contributed by atoms with Gasteiger partial charge in [-0.3, -0.25) is 14.4 Å². The number of aryl methyl sites for hydroxylation is 1. The zero-order valence-corrected chi connectivity index (χ0v) is 16.0. The number of hydrogen-bond acceptors (Lipinski definition) is 4. The molecule has 0 aliphatic rings. The summed E-state index contributed by atoms with van der Waals surface area (Å²) in [6.45, 7) is 5.03. The van der Waals surface area contributed by atoms with Crippen LogP contribution in [0.25, 0.3) is 0 Å². The van der Waals surface area contributed by atoms with E-state index in [0.717, 1.165) is 0 Å². The molecule has 9 heteroatoms. The number of nitrogens with zero attached hydrogens (tertiary/aromatic N) is 2. The average Bonchev–Trinajstić information content (AvgIpc) is 2.59. The third-order valence-electron chi connectivity index (χ3n) is 3.91. The normalized spacial score (nSPS) is 10.5. The van der Waals surface area contributed by atoms with Gasteiger partial charge in [0.2, 0.25) is 5.91 Å². The van der Waals surface area contributed by atoms with Crippen LogP contribution in [0, 0.1) is 13.8 Å². The van der Waals surface area contributed by atoms with Crippen LogP contribution in [0.4, 0.5) is 5.69 Å². The SMILES string of the molecule is CCN(CC(=O)Nc1c(Cl)cccc1Cl)C(=O)c1c(C)c(C)n[nH]c1=O. The lowest BCUT2D eigenvalue weighted by Crippen LogP contribution is -2.40. The van der Waals surface area contributed by atoms with Crippen LogP contribution in [0.2, 0.25) is 10.0 Å². The van der Waals surface area contributed by atoms with Crippen LogP contribution < -0.4 is 10.9 Å². The van der Waals surface area contributed by atoms with Crippen molar-refractivity contribution in [1.82, 2.24) is 15.1 Å². The number of halogens is 2. The van der Waals surface area contributed by atoms with Crippen LogP contribution in [-0.4, -0.2) is 40.0 Å². The first kappa shape index (κ1) is 19.9. The molecule has 2 rings (SSSR count). The lowest BCUT2D eigenvalue weighted by molar-refractivity contribution is -0.116. The van der Waals surface area contributed by atoms with Gasteiger partial charge in [0.25, 0.3) is 11.5 Å². The zero-order chi connectivity index (χ0) is 19.4. The topological polar surface area (TPSA) is 95.2 Å². The molecule has 0 saturated carbocycles. The first-order valence-corrected chi connectivity index (χ1v) is 8.60. The van der Waals surface area contributed by atoms with Gasteiger partial charge >= 0.3 is 0 Å². The number of aromatic amines is 1. The predicted molar refractivity (Wildman–Crippen MR) is 101 cm³/mol. The van der Waals surface area contributed by atoms with Gasteiger partial charge in [-0.25, -0.2) is 5.10 Å². The number of carbonyl (C=O) groups excluding carboxylic acids is 2. The Morgan fingerprint density at radius 1 is 1.23 bits per heavy atom. The number of H-pyrrole nitrogens is 1. The Balaban J connectivity index is 2.22. The van der Waals surface area contributed by atoms with Crippen molar-refractivity contribution in [3.05, 3.63) is 55.4 Å². The van der Waals surface area contributed by atoms with Gasteiger partial charge in [0.1, 0.15) is 12.1 Å². The molecule has 0 unspecified atom stereocenters. The molecule has 0 spiro atoms. The third-order valence-corrected chi connectivity index (χ3v) is 4.54. The van der Waals surface area contributed by atoms with E-state index < -0.39 is 17.4 Å². The molecule has 0 bridgehead atoms. The van der Waals surface area contributed by atoms with Gasteiger partial charge in [0.15, 0.2) is 0 Å². The van der Waals surface area contributed by atoms with Crippen molar-refractivity contribution in [2.24, 2.45) is 0 Å². The van der Waals surface area contributed by atoms with Crippen molar-refractivity contribution in [2.75, 3.05) is 18.4 Å². The minimum Gasteiger partial charge on any atom is -0.329 e. The van der Waals surface area contributed by atoms with Crippen molar-refractivity contribution < 1.29 is 9.59 Å². The van der Waals surface area contributed by atoms with E-state index in [9.17, 15) is 14.4 Å². The van der Waals surface area contributed by atoms with Crippen molar-refractivity contribution >= 4 is 40.7 Å². The third kappa shape index (κ3) is 4.23. The first-order valence-electron chi connectivity index (χ1n) is 7.85. The standard InChI is InChI=1S/C17H18Cl2N4O3/c1-4-23(17(26)14-9(2)10(3)21-22-16(14)25)8-13(24)20-15-11(18)6-5-7-12(15)19/h5-7H,4,8H2,1-3H3,(H,20,24)(H,22,25). The highest BCUT2D eigenvalue weighted by Gasteiger charge is 2.23. The summed E-state index contributed by atoms with van der Waals surface area (Å²) in [6.07, 6.45) is 0. The number of rotatable bonds is 5. The van der Waals surface area contributed by atoms with Gasteiger partial charge in [0, 0.05) is 6.54 Å². The Morgan fingerprint density at radius 2 is 1.85 bits per heavy atom. The van der Waals surface area contributed by atoms with E-state index >= 15 is 0 Å². The van der Waals surface area contributed by atoms with E-state index in [4.69, 9.17) is 23.2 Å². The van der Waals surface area contributed by atoms with Gasteiger partial charge in [-0.1, -0.05) is 29.3 Å². The highest BCUT2D eigenvalue weighted by Crippen LogP contribution is 2.29. The molecule has 2 aromatic rings. The van der Waals surface area contributed by atoms with Crippen LogP contribution in [0.1, 0.15) is 28.5 Å². The molecule has 2 N–H and O–H groups in total. The number of nitrogens with one attached hydrogen (secondary N) is 2. The van der Waals surface area contributed by atoms with Crippen LogP contribution in [0.15, 0.2) is 23.0 Å². The van der Waals surface area contributed by atoms with Gasteiger partial charge in [-0.05, 0) is 38.5 Å². The summed E-state index contributed by atoms with van der Waals surface area (Å²) in [5.74, 6) is -1.02. The summed E-state index contributed by atoms with van der Waals surface area (Å²) in [4.78, 5) is 38.4. The second-order valence-corrected chi connectivity index (χ2v) is 6.42. The number of hydrogen-bond donors (Lipinski definition) is 2. The van der Waals surface area contributed by atoms with E-state index in [0.29, 0.717) is 11.3 Å². The Hall–Kier alpha value is -2.38. The van der Waals surface area contributed by atoms with Crippen molar-refractivity contribution in [3.63, 3.8) is 0 Å². The average molecular weight is 397 g/mol. The second-order valence-electron chi connectivity index (χ2n) is 5.60. The van der Waals surface area contributed by atoms with E-state index in [1.807, 2.05) is 0 Å². The maximum atomic E-state index is 12.7.